The minimum Gasteiger partial charge on any atom is -0.494 e. The Labute approximate surface area is 188 Å². The monoisotopic (exact) mass is 460 g/mol. The highest BCUT2D eigenvalue weighted by atomic mass is 19.1. The molecule has 3 aliphatic heterocycles. The Bertz CT molecular complexity index is 1100. The van der Waals surface area contributed by atoms with Crippen LogP contribution in [0.1, 0.15) is 47.6 Å². The molecule has 0 N–H and O–H groups in total. The predicted octanol–water partition coefficient (Wildman–Crippen LogP) is 3.81. The first-order valence-electron chi connectivity index (χ1n) is 10.9. The molecule has 33 heavy (non-hydrogen) atoms. The fourth-order valence-electron chi connectivity index (χ4n) is 5.21. The van der Waals surface area contributed by atoms with E-state index in [1.165, 1.54) is 36.3 Å². The summed E-state index contributed by atoms with van der Waals surface area (Å²) in [6.07, 6.45) is 1.18. The SMILES string of the molecule is COc1cccc(C(=O)N2CCC3(CC2)OC2CCC(c4cc(F)cc(F)c4)N2C3=O)c1F. The lowest BCUT2D eigenvalue weighted by molar-refractivity contribution is -0.142. The third-order valence-corrected chi connectivity index (χ3v) is 6.86. The third-order valence-electron chi connectivity index (χ3n) is 6.86. The number of hydrogen-bond donors (Lipinski definition) is 0. The van der Waals surface area contributed by atoms with Gasteiger partial charge in [0.05, 0.1) is 18.7 Å². The van der Waals surface area contributed by atoms with Gasteiger partial charge in [-0.2, -0.15) is 0 Å². The van der Waals surface area contributed by atoms with Crippen LogP contribution in [-0.4, -0.2) is 53.6 Å². The zero-order valence-electron chi connectivity index (χ0n) is 18.0. The van der Waals surface area contributed by atoms with E-state index in [4.69, 9.17) is 9.47 Å². The first-order valence-corrected chi connectivity index (χ1v) is 10.9. The summed E-state index contributed by atoms with van der Waals surface area (Å²) >= 11 is 0. The summed E-state index contributed by atoms with van der Waals surface area (Å²) in [5, 5.41) is 0. The minimum absolute atomic E-state index is 0.0101. The average Bonchev–Trinajstić information content (AvgIpc) is 3.31. The molecule has 3 aliphatic rings. The first-order chi connectivity index (χ1) is 15.8. The molecule has 2 amide bonds. The molecule has 3 saturated heterocycles. The van der Waals surface area contributed by atoms with Crippen molar-refractivity contribution in [1.82, 2.24) is 9.80 Å². The normalized spacial score (nSPS) is 23.8. The maximum atomic E-state index is 14.5. The fourth-order valence-corrected chi connectivity index (χ4v) is 5.21. The number of piperidine rings is 1. The number of amides is 2. The zero-order chi connectivity index (χ0) is 23.3. The first kappa shape index (κ1) is 21.8. The Morgan fingerprint density at radius 2 is 1.79 bits per heavy atom. The van der Waals surface area contributed by atoms with Gasteiger partial charge >= 0.3 is 0 Å². The quantitative estimate of drug-likeness (QED) is 0.699. The standard InChI is InChI=1S/C24H23F3N2O4/c1-32-19-4-2-3-17(21(19)27)22(30)28-9-7-24(8-10-28)23(31)29-18(5-6-20(29)33-24)14-11-15(25)13-16(26)12-14/h2-4,11-13,18,20H,5-10H2,1H3. The van der Waals surface area contributed by atoms with E-state index in [0.29, 0.717) is 18.4 Å². The zero-order valence-corrected chi connectivity index (χ0v) is 18.0. The predicted molar refractivity (Wildman–Crippen MR) is 111 cm³/mol. The lowest BCUT2D eigenvalue weighted by atomic mass is 9.89. The molecular formula is C24H23F3N2O4. The molecule has 6 nitrogen and oxygen atoms in total. The van der Waals surface area contributed by atoms with Crippen LogP contribution < -0.4 is 4.74 Å². The van der Waals surface area contributed by atoms with Gasteiger partial charge in [0.2, 0.25) is 0 Å². The van der Waals surface area contributed by atoms with Gasteiger partial charge in [-0.25, -0.2) is 13.2 Å². The summed E-state index contributed by atoms with van der Waals surface area (Å²) in [6.45, 7) is 0.447. The third kappa shape index (κ3) is 3.55. The highest BCUT2D eigenvalue weighted by Gasteiger charge is 2.58. The van der Waals surface area contributed by atoms with E-state index in [1.54, 1.807) is 11.0 Å². The van der Waals surface area contributed by atoms with E-state index in [9.17, 15) is 22.8 Å². The molecule has 174 valence electrons. The molecule has 2 aromatic rings. The van der Waals surface area contributed by atoms with Crippen molar-refractivity contribution in [2.24, 2.45) is 0 Å². The summed E-state index contributed by atoms with van der Waals surface area (Å²) < 4.78 is 53.2. The van der Waals surface area contributed by atoms with E-state index >= 15 is 0 Å². The molecule has 2 atom stereocenters. The Hall–Kier alpha value is -3.07. The second kappa shape index (κ2) is 8.06. The number of carbonyl (C=O) groups is 2. The molecule has 9 heteroatoms. The Balaban J connectivity index is 1.32. The molecule has 2 aromatic carbocycles. The molecule has 2 unspecified atom stereocenters. The van der Waals surface area contributed by atoms with Crippen molar-refractivity contribution >= 4 is 11.8 Å². The van der Waals surface area contributed by atoms with Crippen LogP contribution in [0.3, 0.4) is 0 Å². The molecule has 3 fully saturated rings. The minimum atomic E-state index is -1.08. The molecule has 3 heterocycles. The summed E-state index contributed by atoms with van der Waals surface area (Å²) in [5.74, 6) is -2.80. The number of carbonyl (C=O) groups excluding carboxylic acids is 2. The van der Waals surface area contributed by atoms with Gasteiger partial charge in [0, 0.05) is 32.0 Å². The second-order valence-corrected chi connectivity index (χ2v) is 8.69. The van der Waals surface area contributed by atoms with Crippen LogP contribution in [-0.2, 0) is 9.53 Å². The number of benzene rings is 2. The van der Waals surface area contributed by atoms with E-state index in [-0.39, 0.29) is 43.2 Å². The lowest BCUT2D eigenvalue weighted by Gasteiger charge is -2.37. The summed E-state index contributed by atoms with van der Waals surface area (Å²) in [5.41, 5.74) is -0.762. The smallest absolute Gasteiger partial charge is 0.257 e. The van der Waals surface area contributed by atoms with Crippen molar-refractivity contribution in [2.75, 3.05) is 20.2 Å². The van der Waals surface area contributed by atoms with Crippen molar-refractivity contribution in [3.63, 3.8) is 0 Å². The molecule has 0 radical (unpaired) electrons. The van der Waals surface area contributed by atoms with Gasteiger partial charge in [-0.15, -0.1) is 0 Å². The van der Waals surface area contributed by atoms with Crippen LogP contribution >= 0.6 is 0 Å². The maximum Gasteiger partial charge on any atom is 0.257 e. The summed E-state index contributed by atoms with van der Waals surface area (Å²) in [7, 11) is 1.33. The van der Waals surface area contributed by atoms with Crippen LogP contribution in [0.4, 0.5) is 13.2 Å². The van der Waals surface area contributed by atoms with Gasteiger partial charge in [0.25, 0.3) is 11.8 Å². The highest BCUT2D eigenvalue weighted by molar-refractivity contribution is 5.95. The topological polar surface area (TPSA) is 59.1 Å². The number of likely N-dealkylation sites (tertiary alicyclic amines) is 1. The fraction of sp³-hybridized carbons (Fsp3) is 0.417. The number of rotatable bonds is 3. The number of methoxy groups -OCH3 is 1. The molecule has 5 rings (SSSR count). The molecule has 0 aliphatic carbocycles. The van der Waals surface area contributed by atoms with Crippen molar-refractivity contribution in [1.29, 1.82) is 0 Å². The van der Waals surface area contributed by atoms with Crippen molar-refractivity contribution in [3.05, 3.63) is 65.0 Å². The average molecular weight is 460 g/mol. The van der Waals surface area contributed by atoms with E-state index in [1.807, 2.05) is 0 Å². The van der Waals surface area contributed by atoms with Gasteiger partial charge in [0.15, 0.2) is 17.2 Å². The van der Waals surface area contributed by atoms with Crippen molar-refractivity contribution in [3.8, 4) is 5.75 Å². The largest absolute Gasteiger partial charge is 0.494 e. The number of fused-ring (bicyclic) bond motifs is 1. The van der Waals surface area contributed by atoms with Crippen LogP contribution in [0, 0.1) is 17.5 Å². The number of ether oxygens (including phenoxy) is 2. The van der Waals surface area contributed by atoms with Gasteiger partial charge in [-0.1, -0.05) is 6.07 Å². The van der Waals surface area contributed by atoms with Crippen LogP contribution in [0.25, 0.3) is 0 Å². The molecule has 1 spiro atoms. The summed E-state index contributed by atoms with van der Waals surface area (Å²) in [4.78, 5) is 29.4. The molecule has 0 saturated carbocycles. The maximum absolute atomic E-state index is 14.5. The van der Waals surface area contributed by atoms with Gasteiger partial charge < -0.3 is 19.3 Å². The van der Waals surface area contributed by atoms with Gasteiger partial charge in [0.1, 0.15) is 17.9 Å². The number of nitrogens with zero attached hydrogens (tertiary/aromatic N) is 2. The highest BCUT2D eigenvalue weighted by Crippen LogP contribution is 2.47. The van der Waals surface area contributed by atoms with E-state index in [2.05, 4.69) is 0 Å². The molecular weight excluding hydrogens is 437 g/mol. The number of hydrogen-bond acceptors (Lipinski definition) is 4. The van der Waals surface area contributed by atoms with Crippen molar-refractivity contribution < 1.29 is 32.2 Å². The van der Waals surface area contributed by atoms with Crippen LogP contribution in [0.15, 0.2) is 36.4 Å². The Morgan fingerprint density at radius 1 is 1.09 bits per heavy atom. The van der Waals surface area contributed by atoms with E-state index < -0.39 is 41.2 Å². The van der Waals surface area contributed by atoms with Gasteiger partial charge in [-0.3, -0.25) is 9.59 Å². The van der Waals surface area contributed by atoms with Gasteiger partial charge in [-0.05, 0) is 42.7 Å². The second-order valence-electron chi connectivity index (χ2n) is 8.69. The molecule has 0 aromatic heterocycles. The number of halogens is 3. The van der Waals surface area contributed by atoms with Crippen LogP contribution in [0.5, 0.6) is 5.75 Å². The lowest BCUT2D eigenvalue weighted by Crippen LogP contribution is -2.51. The Kier molecular flexibility index (Phi) is 5.31. The van der Waals surface area contributed by atoms with E-state index in [0.717, 1.165) is 6.07 Å². The summed E-state index contributed by atoms with van der Waals surface area (Å²) in [6, 6.07) is 7.23. The Morgan fingerprint density at radius 3 is 2.45 bits per heavy atom. The molecule has 0 bridgehead atoms. The van der Waals surface area contributed by atoms with Crippen LogP contribution in [0.2, 0.25) is 0 Å². The van der Waals surface area contributed by atoms with Crippen molar-refractivity contribution in [2.45, 2.75) is 43.6 Å².